The van der Waals surface area contributed by atoms with Crippen molar-refractivity contribution < 1.29 is 24.1 Å². The van der Waals surface area contributed by atoms with Crippen LogP contribution in [0.1, 0.15) is 11.1 Å². The van der Waals surface area contributed by atoms with Crippen molar-refractivity contribution in [1.29, 1.82) is 0 Å². The zero-order valence-corrected chi connectivity index (χ0v) is 11.0. The first kappa shape index (κ1) is 14.6. The molecule has 2 rings (SSSR count). The van der Waals surface area contributed by atoms with Crippen molar-refractivity contribution in [2.45, 2.75) is 6.61 Å². The van der Waals surface area contributed by atoms with Crippen molar-refractivity contribution in [3.05, 3.63) is 65.5 Å². The monoisotopic (exact) mass is 288 g/mol. The normalized spacial score (nSPS) is 10.7. The summed E-state index contributed by atoms with van der Waals surface area (Å²) in [5.41, 5.74) is 1.05. The highest BCUT2D eigenvalue weighted by Gasteiger charge is 2.02. The number of hydrogen-bond acceptors (Lipinski definition) is 4. The van der Waals surface area contributed by atoms with E-state index >= 15 is 0 Å². The SMILES string of the molecule is O=C(/C=C/c1ccc(O)cc1O)OCc1ccc(F)cc1. The number of carbonyl (C=O) groups excluding carboxylic acids is 1. The average Bonchev–Trinajstić information content (AvgIpc) is 2.46. The van der Waals surface area contributed by atoms with Crippen LogP contribution in [0.2, 0.25) is 0 Å². The van der Waals surface area contributed by atoms with Gasteiger partial charge in [-0.2, -0.15) is 0 Å². The molecule has 0 aliphatic heterocycles. The summed E-state index contributed by atoms with van der Waals surface area (Å²) in [6, 6.07) is 9.65. The van der Waals surface area contributed by atoms with Crippen LogP contribution in [0.3, 0.4) is 0 Å². The van der Waals surface area contributed by atoms with E-state index in [9.17, 15) is 14.3 Å². The predicted octanol–water partition coefficient (Wildman–Crippen LogP) is 2.99. The van der Waals surface area contributed by atoms with Gasteiger partial charge in [-0.25, -0.2) is 9.18 Å². The molecule has 2 aromatic rings. The van der Waals surface area contributed by atoms with Crippen LogP contribution in [0, 0.1) is 5.82 Å². The van der Waals surface area contributed by atoms with E-state index in [2.05, 4.69) is 0 Å². The number of phenolic OH excluding ortho intramolecular Hbond substituents is 2. The molecule has 2 aromatic carbocycles. The molecule has 0 spiro atoms. The van der Waals surface area contributed by atoms with Crippen molar-refractivity contribution in [3.63, 3.8) is 0 Å². The van der Waals surface area contributed by atoms with Gasteiger partial charge in [0.1, 0.15) is 23.9 Å². The summed E-state index contributed by atoms with van der Waals surface area (Å²) < 4.78 is 17.7. The van der Waals surface area contributed by atoms with Gasteiger partial charge in [-0.1, -0.05) is 12.1 Å². The van der Waals surface area contributed by atoms with Crippen LogP contribution in [-0.2, 0) is 16.1 Å². The molecule has 21 heavy (non-hydrogen) atoms. The van der Waals surface area contributed by atoms with E-state index in [0.717, 1.165) is 6.08 Å². The second-order valence-corrected chi connectivity index (χ2v) is 4.31. The summed E-state index contributed by atoms with van der Waals surface area (Å²) in [7, 11) is 0. The fourth-order valence-electron chi connectivity index (χ4n) is 1.61. The first-order valence-electron chi connectivity index (χ1n) is 6.16. The highest BCUT2D eigenvalue weighted by atomic mass is 19.1. The summed E-state index contributed by atoms with van der Waals surface area (Å²) in [5, 5.41) is 18.7. The van der Waals surface area contributed by atoms with Crippen LogP contribution in [0.15, 0.2) is 48.5 Å². The lowest BCUT2D eigenvalue weighted by atomic mass is 10.2. The number of benzene rings is 2. The smallest absolute Gasteiger partial charge is 0.331 e. The molecule has 4 nitrogen and oxygen atoms in total. The highest BCUT2D eigenvalue weighted by Crippen LogP contribution is 2.23. The molecule has 0 atom stereocenters. The summed E-state index contributed by atoms with van der Waals surface area (Å²) in [6.07, 6.45) is 2.54. The molecule has 2 N–H and O–H groups in total. The minimum absolute atomic E-state index is 0.0328. The third kappa shape index (κ3) is 4.35. The van der Waals surface area contributed by atoms with E-state index in [-0.39, 0.29) is 23.9 Å². The molecule has 0 radical (unpaired) electrons. The molecule has 0 saturated carbocycles. The summed E-state index contributed by atoms with van der Waals surface area (Å²) in [5.74, 6) is -1.15. The molecule has 0 saturated heterocycles. The van der Waals surface area contributed by atoms with Crippen LogP contribution in [0.4, 0.5) is 4.39 Å². The van der Waals surface area contributed by atoms with E-state index in [1.165, 1.54) is 48.5 Å². The third-order valence-corrected chi connectivity index (χ3v) is 2.71. The van der Waals surface area contributed by atoms with Crippen molar-refractivity contribution in [2.24, 2.45) is 0 Å². The maximum absolute atomic E-state index is 12.7. The third-order valence-electron chi connectivity index (χ3n) is 2.71. The minimum Gasteiger partial charge on any atom is -0.508 e. The molecule has 0 aliphatic rings. The van der Waals surface area contributed by atoms with E-state index in [0.29, 0.717) is 11.1 Å². The molecule has 0 heterocycles. The molecular weight excluding hydrogens is 275 g/mol. The van der Waals surface area contributed by atoms with Gasteiger partial charge < -0.3 is 14.9 Å². The molecule has 5 heteroatoms. The minimum atomic E-state index is -0.591. The second-order valence-electron chi connectivity index (χ2n) is 4.31. The number of esters is 1. The second kappa shape index (κ2) is 6.56. The van der Waals surface area contributed by atoms with Crippen LogP contribution >= 0.6 is 0 Å². The van der Waals surface area contributed by atoms with Gasteiger partial charge in [0.2, 0.25) is 0 Å². The van der Waals surface area contributed by atoms with Gasteiger partial charge in [0.05, 0.1) is 0 Å². The summed E-state index contributed by atoms with van der Waals surface area (Å²) in [6.45, 7) is 0.0328. The largest absolute Gasteiger partial charge is 0.508 e. The number of phenols is 2. The summed E-state index contributed by atoms with van der Waals surface area (Å²) >= 11 is 0. The van der Waals surface area contributed by atoms with Gasteiger partial charge in [0.15, 0.2) is 0 Å². The van der Waals surface area contributed by atoms with Gasteiger partial charge in [-0.3, -0.25) is 0 Å². The first-order chi connectivity index (χ1) is 10.0. The number of hydrogen-bond donors (Lipinski definition) is 2. The molecule has 0 aliphatic carbocycles. The number of ether oxygens (including phenoxy) is 1. The lowest BCUT2D eigenvalue weighted by Gasteiger charge is -2.02. The zero-order chi connectivity index (χ0) is 15.2. The van der Waals surface area contributed by atoms with Crippen LogP contribution in [-0.4, -0.2) is 16.2 Å². The molecule has 0 aromatic heterocycles. The maximum Gasteiger partial charge on any atom is 0.331 e. The van der Waals surface area contributed by atoms with Crippen molar-refractivity contribution >= 4 is 12.0 Å². The maximum atomic E-state index is 12.7. The van der Waals surface area contributed by atoms with E-state index < -0.39 is 5.97 Å². The van der Waals surface area contributed by atoms with Crippen molar-refractivity contribution in [1.82, 2.24) is 0 Å². The highest BCUT2D eigenvalue weighted by molar-refractivity contribution is 5.87. The van der Waals surface area contributed by atoms with Gasteiger partial charge in [0, 0.05) is 17.7 Å². The molecule has 0 unspecified atom stereocenters. The molecule has 108 valence electrons. The Morgan fingerprint density at radius 1 is 1.14 bits per heavy atom. The predicted molar refractivity (Wildman–Crippen MR) is 75.0 cm³/mol. The Hall–Kier alpha value is -2.82. The molecule has 0 bridgehead atoms. The lowest BCUT2D eigenvalue weighted by Crippen LogP contribution is -2.00. The van der Waals surface area contributed by atoms with Gasteiger partial charge in [-0.15, -0.1) is 0 Å². The summed E-state index contributed by atoms with van der Waals surface area (Å²) in [4.78, 5) is 11.5. The van der Waals surface area contributed by atoms with Gasteiger partial charge in [0.25, 0.3) is 0 Å². The Kier molecular flexibility index (Phi) is 4.56. The van der Waals surface area contributed by atoms with E-state index in [1.807, 2.05) is 0 Å². The fraction of sp³-hybridized carbons (Fsp3) is 0.0625. The van der Waals surface area contributed by atoms with Gasteiger partial charge >= 0.3 is 5.97 Å². The first-order valence-corrected chi connectivity index (χ1v) is 6.16. The Morgan fingerprint density at radius 2 is 1.86 bits per heavy atom. The molecule has 0 amide bonds. The van der Waals surface area contributed by atoms with E-state index in [1.54, 1.807) is 0 Å². The zero-order valence-electron chi connectivity index (χ0n) is 11.0. The lowest BCUT2D eigenvalue weighted by molar-refractivity contribution is -0.138. The Labute approximate surface area is 120 Å². The Morgan fingerprint density at radius 3 is 2.52 bits per heavy atom. The van der Waals surface area contributed by atoms with E-state index in [4.69, 9.17) is 9.84 Å². The van der Waals surface area contributed by atoms with Gasteiger partial charge in [-0.05, 0) is 35.9 Å². The molecular formula is C16H13FO4. The van der Waals surface area contributed by atoms with Crippen LogP contribution < -0.4 is 0 Å². The number of carbonyl (C=O) groups is 1. The molecule has 0 fully saturated rings. The average molecular weight is 288 g/mol. The van der Waals surface area contributed by atoms with Crippen molar-refractivity contribution in [3.8, 4) is 11.5 Å². The Balaban J connectivity index is 1.92. The fourth-order valence-corrected chi connectivity index (χ4v) is 1.61. The van der Waals surface area contributed by atoms with Crippen molar-refractivity contribution in [2.75, 3.05) is 0 Å². The quantitative estimate of drug-likeness (QED) is 0.670. The van der Waals surface area contributed by atoms with Crippen LogP contribution in [0.5, 0.6) is 11.5 Å². The number of halogens is 1. The topological polar surface area (TPSA) is 66.8 Å². The Bertz CT molecular complexity index is 662. The number of aromatic hydroxyl groups is 2. The van der Waals surface area contributed by atoms with Crippen LogP contribution in [0.25, 0.3) is 6.08 Å². The standard InChI is InChI=1S/C16H13FO4/c17-13-5-1-11(2-6-13)10-21-16(20)8-4-12-3-7-14(18)9-15(12)19/h1-9,18-19H,10H2/b8-4+. The number of rotatable bonds is 4.